The van der Waals surface area contributed by atoms with Crippen molar-refractivity contribution >= 4 is 29.0 Å². The quantitative estimate of drug-likeness (QED) is 0.797. The molecule has 5 heteroatoms. The Labute approximate surface area is 96.7 Å². The number of thioether (sulfide) groups is 1. The predicted octanol–water partition coefficient (Wildman–Crippen LogP) is 2.02. The Hall–Kier alpha value is -1.75. The number of benzene rings is 1. The maximum Gasteiger partial charge on any atom is 0.290 e. The van der Waals surface area contributed by atoms with Gasteiger partial charge in [-0.15, -0.1) is 0 Å². The third kappa shape index (κ3) is 2.25. The first kappa shape index (κ1) is 10.8. The molecular weight excluding hydrogens is 226 g/mol. The van der Waals surface area contributed by atoms with Gasteiger partial charge >= 0.3 is 0 Å². The van der Waals surface area contributed by atoms with Crippen LogP contribution < -0.4 is 10.1 Å². The minimum atomic E-state index is -0.342. The van der Waals surface area contributed by atoms with Gasteiger partial charge in [0.05, 0.1) is 12.0 Å². The molecule has 1 fully saturated rings. The van der Waals surface area contributed by atoms with Crippen molar-refractivity contribution in [1.29, 1.82) is 0 Å². The van der Waals surface area contributed by atoms with Crippen molar-refractivity contribution < 1.29 is 14.3 Å². The van der Waals surface area contributed by atoms with Gasteiger partial charge in [-0.25, -0.2) is 0 Å². The second-order valence-electron chi connectivity index (χ2n) is 3.13. The number of carbonyl (C=O) groups excluding carboxylic acids is 2. The Kier molecular flexibility index (Phi) is 2.96. The highest BCUT2D eigenvalue weighted by atomic mass is 32.2. The third-order valence-electron chi connectivity index (χ3n) is 2.06. The summed E-state index contributed by atoms with van der Waals surface area (Å²) in [5.41, 5.74) is 0.855. The topological polar surface area (TPSA) is 55.4 Å². The third-order valence-corrected chi connectivity index (χ3v) is 2.87. The van der Waals surface area contributed by atoms with E-state index in [0.717, 1.165) is 23.1 Å². The van der Waals surface area contributed by atoms with Crippen LogP contribution in [0.5, 0.6) is 5.75 Å². The van der Waals surface area contributed by atoms with Crippen LogP contribution in [0.3, 0.4) is 0 Å². The van der Waals surface area contributed by atoms with Gasteiger partial charge in [-0.2, -0.15) is 0 Å². The molecule has 82 valence electrons. The highest BCUT2D eigenvalue weighted by molar-refractivity contribution is 8.18. The van der Waals surface area contributed by atoms with E-state index in [1.165, 1.54) is 0 Å². The molecular formula is C11H9NO3S. The Morgan fingerprint density at radius 3 is 2.44 bits per heavy atom. The Morgan fingerprint density at radius 1 is 1.25 bits per heavy atom. The van der Waals surface area contributed by atoms with Crippen LogP contribution in [-0.2, 0) is 4.79 Å². The van der Waals surface area contributed by atoms with E-state index in [9.17, 15) is 9.59 Å². The summed E-state index contributed by atoms with van der Waals surface area (Å²) in [5, 5.41) is 1.87. The molecule has 0 aliphatic carbocycles. The van der Waals surface area contributed by atoms with Crippen molar-refractivity contribution in [2.45, 2.75) is 0 Å². The summed E-state index contributed by atoms with van der Waals surface area (Å²) in [6.45, 7) is 0. The van der Waals surface area contributed by atoms with Gasteiger partial charge in [0.1, 0.15) is 5.75 Å². The molecule has 4 nitrogen and oxygen atoms in total. The summed E-state index contributed by atoms with van der Waals surface area (Å²) in [6, 6.07) is 7.24. The molecule has 2 rings (SSSR count). The minimum absolute atomic E-state index is 0.329. The summed E-state index contributed by atoms with van der Waals surface area (Å²) in [6.07, 6.45) is 1.67. The molecule has 1 N–H and O–H groups in total. The lowest BCUT2D eigenvalue weighted by molar-refractivity contribution is -0.115. The number of rotatable bonds is 2. The fourth-order valence-corrected chi connectivity index (χ4v) is 1.95. The van der Waals surface area contributed by atoms with Gasteiger partial charge in [0.2, 0.25) is 0 Å². The van der Waals surface area contributed by atoms with E-state index in [4.69, 9.17) is 4.74 Å². The van der Waals surface area contributed by atoms with Gasteiger partial charge in [-0.1, -0.05) is 12.1 Å². The fourth-order valence-electron chi connectivity index (χ4n) is 1.27. The molecule has 1 heterocycles. The van der Waals surface area contributed by atoms with Crippen molar-refractivity contribution in [2.24, 2.45) is 0 Å². The van der Waals surface area contributed by atoms with Gasteiger partial charge < -0.3 is 4.74 Å². The molecule has 1 aromatic carbocycles. The molecule has 0 aromatic heterocycles. The van der Waals surface area contributed by atoms with Gasteiger partial charge in [-0.3, -0.25) is 14.9 Å². The van der Waals surface area contributed by atoms with E-state index in [0.29, 0.717) is 4.91 Å². The number of hydrogen-bond acceptors (Lipinski definition) is 4. The van der Waals surface area contributed by atoms with Gasteiger partial charge in [0, 0.05) is 0 Å². The molecule has 0 radical (unpaired) electrons. The van der Waals surface area contributed by atoms with E-state index >= 15 is 0 Å². The summed E-state index contributed by atoms with van der Waals surface area (Å²) in [7, 11) is 1.59. The predicted molar refractivity (Wildman–Crippen MR) is 62.1 cm³/mol. The highest BCUT2D eigenvalue weighted by Gasteiger charge is 2.24. The molecule has 0 atom stereocenters. The van der Waals surface area contributed by atoms with Crippen LogP contribution >= 0.6 is 11.8 Å². The first-order valence-corrected chi connectivity index (χ1v) is 5.39. The van der Waals surface area contributed by atoms with Crippen LogP contribution in [0.2, 0.25) is 0 Å². The normalized spacial score (nSPS) is 17.7. The van der Waals surface area contributed by atoms with Gasteiger partial charge in [0.25, 0.3) is 11.1 Å². The first-order chi connectivity index (χ1) is 7.69. The molecule has 0 spiro atoms. The molecule has 0 bridgehead atoms. The molecule has 1 aliphatic rings. The zero-order chi connectivity index (χ0) is 11.5. The number of hydrogen-bond donors (Lipinski definition) is 1. The summed E-state index contributed by atoms with van der Waals surface area (Å²) in [5.74, 6) is 0.410. The van der Waals surface area contributed by atoms with Crippen molar-refractivity contribution in [2.75, 3.05) is 7.11 Å². The molecule has 1 saturated heterocycles. The molecule has 1 aromatic rings. The van der Waals surface area contributed by atoms with Crippen LogP contribution in [0.1, 0.15) is 5.56 Å². The van der Waals surface area contributed by atoms with Crippen LogP contribution in [-0.4, -0.2) is 18.3 Å². The maximum absolute atomic E-state index is 11.3. The Balaban J connectivity index is 2.22. The van der Waals surface area contributed by atoms with Gasteiger partial charge in [0.15, 0.2) is 0 Å². The maximum atomic E-state index is 11.3. The Morgan fingerprint density at radius 2 is 1.94 bits per heavy atom. The first-order valence-electron chi connectivity index (χ1n) is 4.58. The summed E-state index contributed by atoms with van der Waals surface area (Å²) in [4.78, 5) is 22.6. The lowest BCUT2D eigenvalue weighted by atomic mass is 10.2. The van der Waals surface area contributed by atoms with Crippen molar-refractivity contribution in [3.63, 3.8) is 0 Å². The largest absolute Gasteiger partial charge is 0.497 e. The average molecular weight is 235 g/mol. The minimum Gasteiger partial charge on any atom is -0.497 e. The van der Waals surface area contributed by atoms with Crippen LogP contribution in [0.25, 0.3) is 6.08 Å². The molecule has 16 heavy (non-hydrogen) atoms. The SMILES string of the molecule is COc1ccc(C=C2SC(=O)NC2=O)cc1. The second kappa shape index (κ2) is 4.40. The number of nitrogens with one attached hydrogen (secondary N) is 1. The van der Waals surface area contributed by atoms with Crippen LogP contribution in [0.4, 0.5) is 4.79 Å². The van der Waals surface area contributed by atoms with Crippen molar-refractivity contribution in [3.8, 4) is 5.75 Å². The summed E-state index contributed by atoms with van der Waals surface area (Å²) >= 11 is 0.909. The number of carbonyl (C=O) groups is 2. The zero-order valence-electron chi connectivity index (χ0n) is 8.52. The van der Waals surface area contributed by atoms with E-state index in [2.05, 4.69) is 5.32 Å². The zero-order valence-corrected chi connectivity index (χ0v) is 9.34. The average Bonchev–Trinajstić information content (AvgIpc) is 2.59. The van der Waals surface area contributed by atoms with E-state index in [-0.39, 0.29) is 11.1 Å². The second-order valence-corrected chi connectivity index (χ2v) is 4.14. The Bertz CT molecular complexity index is 465. The lowest BCUT2D eigenvalue weighted by Crippen LogP contribution is -2.17. The van der Waals surface area contributed by atoms with E-state index in [1.54, 1.807) is 25.3 Å². The van der Waals surface area contributed by atoms with Crippen molar-refractivity contribution in [3.05, 3.63) is 34.7 Å². The smallest absolute Gasteiger partial charge is 0.290 e. The molecule has 0 unspecified atom stereocenters. The summed E-state index contributed by atoms with van der Waals surface area (Å²) < 4.78 is 5.02. The molecule has 0 saturated carbocycles. The lowest BCUT2D eigenvalue weighted by Gasteiger charge is -1.99. The highest BCUT2D eigenvalue weighted by Crippen LogP contribution is 2.25. The van der Waals surface area contributed by atoms with E-state index < -0.39 is 0 Å². The monoisotopic (exact) mass is 235 g/mol. The van der Waals surface area contributed by atoms with Gasteiger partial charge in [-0.05, 0) is 35.5 Å². The number of methoxy groups -OCH3 is 1. The number of ether oxygens (including phenoxy) is 1. The fraction of sp³-hybridized carbons (Fsp3) is 0.0909. The number of amides is 2. The molecule has 1 aliphatic heterocycles. The number of imide groups is 1. The van der Waals surface area contributed by atoms with Crippen LogP contribution in [0, 0.1) is 0 Å². The molecule has 2 amide bonds. The van der Waals surface area contributed by atoms with Crippen LogP contribution in [0.15, 0.2) is 29.2 Å². The van der Waals surface area contributed by atoms with E-state index in [1.807, 2.05) is 12.1 Å². The standard InChI is InChI=1S/C11H9NO3S/c1-15-8-4-2-7(3-5-8)6-9-10(13)12-11(14)16-9/h2-6H,1H3,(H,12,13,14). The van der Waals surface area contributed by atoms with Crippen molar-refractivity contribution in [1.82, 2.24) is 5.32 Å².